The molecule has 2 aromatic rings. The maximum atomic E-state index is 10.7. The van der Waals surface area contributed by atoms with Gasteiger partial charge in [0.1, 0.15) is 0 Å². The molecule has 0 radical (unpaired) electrons. The van der Waals surface area contributed by atoms with Gasteiger partial charge in [-0.15, -0.1) is 11.3 Å². The van der Waals surface area contributed by atoms with Gasteiger partial charge in [-0.05, 0) is 6.42 Å². The van der Waals surface area contributed by atoms with Crippen LogP contribution < -0.4 is 5.32 Å². The zero-order chi connectivity index (χ0) is 13.8. The van der Waals surface area contributed by atoms with Crippen LogP contribution in [0.15, 0.2) is 11.6 Å². The lowest BCUT2D eigenvalue weighted by atomic mass is 10.2. The Hall–Kier alpha value is -1.73. The van der Waals surface area contributed by atoms with Gasteiger partial charge in [-0.3, -0.25) is 4.68 Å². The maximum absolute atomic E-state index is 10.7. The molecular weight excluding hydrogens is 264 g/mol. The Morgan fingerprint density at radius 2 is 2.32 bits per heavy atom. The standard InChI is InChI=1S/C12H16N4O2S/c1-3-10-8(6-16(2)15-10)4-13-5-9-7-19-11(14-9)12(17)18/h6-7,13H,3-5H2,1-2H3,(H,17,18). The number of nitrogens with zero attached hydrogens (tertiary/aromatic N) is 3. The zero-order valence-electron chi connectivity index (χ0n) is 10.9. The Morgan fingerprint density at radius 3 is 2.95 bits per heavy atom. The van der Waals surface area contributed by atoms with Crippen molar-refractivity contribution in [1.82, 2.24) is 20.1 Å². The summed E-state index contributed by atoms with van der Waals surface area (Å²) in [4.78, 5) is 14.7. The first-order valence-electron chi connectivity index (χ1n) is 6.00. The summed E-state index contributed by atoms with van der Waals surface area (Å²) in [5.74, 6) is -0.975. The van der Waals surface area contributed by atoms with E-state index in [1.54, 1.807) is 10.1 Å². The molecule has 0 saturated carbocycles. The Kier molecular flexibility index (Phi) is 4.28. The predicted octanol–water partition coefficient (Wildman–Crippen LogP) is 1.43. The number of aryl methyl sites for hydroxylation is 2. The van der Waals surface area contributed by atoms with Gasteiger partial charge in [0.2, 0.25) is 5.01 Å². The van der Waals surface area contributed by atoms with Crippen LogP contribution in [0.4, 0.5) is 0 Å². The fourth-order valence-corrected chi connectivity index (χ4v) is 2.50. The number of carbonyl (C=O) groups is 1. The second kappa shape index (κ2) is 5.94. The van der Waals surface area contributed by atoms with Gasteiger partial charge < -0.3 is 10.4 Å². The minimum Gasteiger partial charge on any atom is -0.476 e. The number of hydrogen-bond acceptors (Lipinski definition) is 5. The van der Waals surface area contributed by atoms with Crippen LogP contribution in [0.25, 0.3) is 0 Å². The molecule has 0 atom stereocenters. The Labute approximate surface area is 115 Å². The number of carboxylic acids is 1. The summed E-state index contributed by atoms with van der Waals surface area (Å²) >= 11 is 1.15. The van der Waals surface area contributed by atoms with E-state index in [1.807, 2.05) is 13.2 Å². The SMILES string of the molecule is CCc1nn(C)cc1CNCc1csc(C(=O)O)n1. The summed E-state index contributed by atoms with van der Waals surface area (Å²) in [5.41, 5.74) is 3.00. The smallest absolute Gasteiger partial charge is 0.365 e. The van der Waals surface area contributed by atoms with Crippen LogP contribution in [-0.4, -0.2) is 25.8 Å². The molecular formula is C12H16N4O2S. The Bertz CT molecular complexity index is 576. The van der Waals surface area contributed by atoms with Crippen molar-refractivity contribution in [3.8, 4) is 0 Å². The van der Waals surface area contributed by atoms with Crippen LogP contribution in [0.2, 0.25) is 0 Å². The number of hydrogen-bond donors (Lipinski definition) is 2. The van der Waals surface area contributed by atoms with Crippen molar-refractivity contribution < 1.29 is 9.90 Å². The van der Waals surface area contributed by atoms with Crippen LogP contribution in [0.5, 0.6) is 0 Å². The molecule has 2 heterocycles. The van der Waals surface area contributed by atoms with Gasteiger partial charge in [-0.25, -0.2) is 9.78 Å². The zero-order valence-corrected chi connectivity index (χ0v) is 11.7. The summed E-state index contributed by atoms with van der Waals surface area (Å²) < 4.78 is 1.81. The lowest BCUT2D eigenvalue weighted by Gasteiger charge is -2.01. The van der Waals surface area contributed by atoms with Crippen molar-refractivity contribution in [3.05, 3.63) is 33.5 Å². The highest BCUT2D eigenvalue weighted by molar-refractivity contribution is 7.11. The Balaban J connectivity index is 1.90. The summed E-state index contributed by atoms with van der Waals surface area (Å²) in [6, 6.07) is 0. The molecule has 19 heavy (non-hydrogen) atoms. The third-order valence-corrected chi connectivity index (χ3v) is 3.56. The van der Waals surface area contributed by atoms with E-state index in [9.17, 15) is 4.79 Å². The largest absolute Gasteiger partial charge is 0.476 e. The molecule has 2 rings (SSSR count). The number of carboxylic acid groups (broad SMARTS) is 1. The van der Waals surface area contributed by atoms with E-state index >= 15 is 0 Å². The molecule has 0 aromatic carbocycles. The summed E-state index contributed by atoms with van der Waals surface area (Å²) in [6.45, 7) is 3.34. The highest BCUT2D eigenvalue weighted by Crippen LogP contribution is 2.10. The van der Waals surface area contributed by atoms with Crippen LogP contribution in [0.3, 0.4) is 0 Å². The molecule has 2 aromatic heterocycles. The van der Waals surface area contributed by atoms with Gasteiger partial charge in [0.05, 0.1) is 11.4 Å². The van der Waals surface area contributed by atoms with E-state index in [0.29, 0.717) is 13.1 Å². The van der Waals surface area contributed by atoms with Gasteiger partial charge >= 0.3 is 5.97 Å². The minimum atomic E-state index is -0.975. The average molecular weight is 280 g/mol. The predicted molar refractivity (Wildman–Crippen MR) is 72.2 cm³/mol. The van der Waals surface area contributed by atoms with Crippen LogP contribution in [0, 0.1) is 0 Å². The molecule has 0 aliphatic rings. The van der Waals surface area contributed by atoms with Crippen LogP contribution >= 0.6 is 11.3 Å². The normalized spacial score (nSPS) is 10.8. The van der Waals surface area contributed by atoms with E-state index in [2.05, 4.69) is 22.3 Å². The van der Waals surface area contributed by atoms with Crippen LogP contribution in [0.1, 0.15) is 33.7 Å². The number of nitrogens with one attached hydrogen (secondary N) is 1. The molecule has 0 fully saturated rings. The van der Waals surface area contributed by atoms with E-state index in [4.69, 9.17) is 5.11 Å². The topological polar surface area (TPSA) is 80.0 Å². The quantitative estimate of drug-likeness (QED) is 0.836. The van der Waals surface area contributed by atoms with E-state index in [1.165, 1.54) is 5.56 Å². The van der Waals surface area contributed by atoms with Gasteiger partial charge in [0.25, 0.3) is 0 Å². The summed E-state index contributed by atoms with van der Waals surface area (Å²) in [5, 5.41) is 18.3. The van der Waals surface area contributed by atoms with Crippen molar-refractivity contribution in [2.75, 3.05) is 0 Å². The van der Waals surface area contributed by atoms with Gasteiger partial charge in [-0.2, -0.15) is 5.10 Å². The molecule has 0 spiro atoms. The van der Waals surface area contributed by atoms with Crippen molar-refractivity contribution in [1.29, 1.82) is 0 Å². The average Bonchev–Trinajstić information content (AvgIpc) is 2.96. The van der Waals surface area contributed by atoms with Crippen molar-refractivity contribution in [2.24, 2.45) is 7.05 Å². The molecule has 0 bridgehead atoms. The molecule has 0 amide bonds. The first-order chi connectivity index (χ1) is 9.10. The molecule has 0 aliphatic carbocycles. The van der Waals surface area contributed by atoms with Crippen molar-refractivity contribution >= 4 is 17.3 Å². The second-order valence-corrected chi connectivity index (χ2v) is 5.04. The van der Waals surface area contributed by atoms with Crippen LogP contribution in [-0.2, 0) is 26.6 Å². The van der Waals surface area contributed by atoms with E-state index in [0.717, 1.165) is 29.1 Å². The van der Waals surface area contributed by atoms with Gasteiger partial charge in [0, 0.05) is 37.3 Å². The second-order valence-electron chi connectivity index (χ2n) is 4.18. The third-order valence-electron chi connectivity index (χ3n) is 2.68. The number of thiazole rings is 1. The maximum Gasteiger partial charge on any atom is 0.365 e. The van der Waals surface area contributed by atoms with Crippen molar-refractivity contribution in [3.63, 3.8) is 0 Å². The molecule has 0 saturated heterocycles. The van der Waals surface area contributed by atoms with Crippen molar-refractivity contribution in [2.45, 2.75) is 26.4 Å². The first-order valence-corrected chi connectivity index (χ1v) is 6.88. The number of rotatable bonds is 6. The highest BCUT2D eigenvalue weighted by atomic mass is 32.1. The first kappa shape index (κ1) is 13.7. The van der Waals surface area contributed by atoms with Gasteiger partial charge in [-0.1, -0.05) is 6.92 Å². The number of aromatic carboxylic acids is 1. The third kappa shape index (κ3) is 3.39. The molecule has 102 valence electrons. The molecule has 6 nitrogen and oxygen atoms in total. The van der Waals surface area contributed by atoms with Gasteiger partial charge in [0.15, 0.2) is 0 Å². The summed E-state index contributed by atoms with van der Waals surface area (Å²) in [6.07, 6.45) is 2.90. The molecule has 0 unspecified atom stereocenters. The van der Waals surface area contributed by atoms with E-state index in [-0.39, 0.29) is 5.01 Å². The fraction of sp³-hybridized carbons (Fsp3) is 0.417. The molecule has 7 heteroatoms. The summed E-state index contributed by atoms with van der Waals surface area (Å²) in [7, 11) is 1.90. The fourth-order valence-electron chi connectivity index (χ4n) is 1.84. The number of aromatic nitrogens is 3. The lowest BCUT2D eigenvalue weighted by molar-refractivity contribution is 0.0696. The molecule has 2 N–H and O–H groups in total. The minimum absolute atomic E-state index is 0.132. The van der Waals surface area contributed by atoms with E-state index < -0.39 is 5.97 Å². The lowest BCUT2D eigenvalue weighted by Crippen LogP contribution is -2.13. The highest BCUT2D eigenvalue weighted by Gasteiger charge is 2.09. The molecule has 0 aliphatic heterocycles. The monoisotopic (exact) mass is 280 g/mol. The Morgan fingerprint density at radius 1 is 1.53 bits per heavy atom.